The van der Waals surface area contributed by atoms with Crippen LogP contribution in [0.15, 0.2) is 47.1 Å². The molecule has 0 saturated heterocycles. The maximum atomic E-state index is 12.1. The Bertz CT molecular complexity index is 867. The first kappa shape index (κ1) is 17.8. The molecule has 3 heterocycles. The monoisotopic (exact) mass is 382 g/mol. The molecule has 7 nitrogen and oxygen atoms in total. The third-order valence-corrected chi connectivity index (χ3v) is 5.53. The fourth-order valence-electron chi connectivity index (χ4n) is 3.23. The van der Waals surface area contributed by atoms with Gasteiger partial charge >= 0.3 is 0 Å². The first-order chi connectivity index (χ1) is 13.3. The summed E-state index contributed by atoms with van der Waals surface area (Å²) in [6.07, 6.45) is 13.8. The molecule has 0 saturated carbocycles. The molecular weight excluding hydrogens is 360 g/mol. The van der Waals surface area contributed by atoms with Crippen LogP contribution in [0.4, 0.5) is 0 Å². The van der Waals surface area contributed by atoms with E-state index in [1.165, 1.54) is 17.0 Å². The van der Waals surface area contributed by atoms with Crippen LogP contribution in [-0.4, -0.2) is 45.7 Å². The summed E-state index contributed by atoms with van der Waals surface area (Å²) in [7, 11) is 0. The molecule has 0 radical (unpaired) electrons. The van der Waals surface area contributed by atoms with Crippen molar-refractivity contribution in [2.45, 2.75) is 25.4 Å². The van der Waals surface area contributed by atoms with Crippen molar-refractivity contribution in [1.29, 1.82) is 0 Å². The van der Waals surface area contributed by atoms with Gasteiger partial charge in [-0.2, -0.15) is 0 Å². The summed E-state index contributed by atoms with van der Waals surface area (Å²) in [6.45, 7) is 2.01. The molecule has 0 spiro atoms. The Hall–Kier alpha value is -2.58. The summed E-state index contributed by atoms with van der Waals surface area (Å²) in [6, 6.07) is 0.327. The fourth-order valence-corrected chi connectivity index (χ4v) is 4.01. The van der Waals surface area contributed by atoms with E-state index in [2.05, 4.69) is 49.9 Å². The summed E-state index contributed by atoms with van der Waals surface area (Å²) < 4.78 is 0. The van der Waals surface area contributed by atoms with Gasteiger partial charge in [0.15, 0.2) is 0 Å². The molecule has 8 heteroatoms. The van der Waals surface area contributed by atoms with Gasteiger partial charge in [0.1, 0.15) is 11.5 Å². The molecule has 2 atom stereocenters. The number of aromatic nitrogens is 3. The summed E-state index contributed by atoms with van der Waals surface area (Å²) in [5.41, 5.74) is 1.70. The molecule has 27 heavy (non-hydrogen) atoms. The number of amides is 1. The largest absolute Gasteiger partial charge is 0.347 e. The zero-order valence-corrected chi connectivity index (χ0v) is 15.7. The highest BCUT2D eigenvalue weighted by Crippen LogP contribution is 2.26. The minimum atomic E-state index is -0.175. The lowest BCUT2D eigenvalue weighted by atomic mass is 9.94. The van der Waals surface area contributed by atoms with E-state index in [4.69, 9.17) is 4.99 Å². The van der Waals surface area contributed by atoms with Gasteiger partial charge in [0.05, 0.1) is 17.6 Å². The number of thiazole rings is 1. The van der Waals surface area contributed by atoms with Gasteiger partial charge in [-0.3, -0.25) is 9.79 Å². The Morgan fingerprint density at radius 3 is 3.07 bits per heavy atom. The number of aromatic amines is 1. The fraction of sp³-hybridized carbons (Fsp3) is 0.368. The summed E-state index contributed by atoms with van der Waals surface area (Å²) in [4.78, 5) is 28.4. The molecule has 140 valence electrons. The molecule has 1 aliphatic heterocycles. The molecule has 2 aliphatic rings. The van der Waals surface area contributed by atoms with Gasteiger partial charge < -0.3 is 15.6 Å². The van der Waals surface area contributed by atoms with Gasteiger partial charge in [-0.05, 0) is 6.42 Å². The molecule has 2 aromatic rings. The molecule has 4 rings (SSSR count). The normalized spacial score (nSPS) is 20.5. The van der Waals surface area contributed by atoms with Crippen LogP contribution in [0.25, 0.3) is 0 Å². The van der Waals surface area contributed by atoms with Gasteiger partial charge in [-0.25, -0.2) is 9.97 Å². The zero-order chi connectivity index (χ0) is 18.5. The van der Waals surface area contributed by atoms with E-state index in [0.717, 1.165) is 36.8 Å². The number of hydrogen-bond donors (Lipinski definition) is 3. The predicted molar refractivity (Wildman–Crippen MR) is 106 cm³/mol. The number of carbonyl (C=O) groups excluding carboxylic acids is 1. The minimum absolute atomic E-state index is 0.175. The molecule has 0 bridgehead atoms. The van der Waals surface area contributed by atoms with Gasteiger partial charge in [0.2, 0.25) is 0 Å². The van der Waals surface area contributed by atoms with Crippen molar-refractivity contribution >= 4 is 23.0 Å². The zero-order valence-electron chi connectivity index (χ0n) is 14.9. The van der Waals surface area contributed by atoms with Crippen molar-refractivity contribution in [1.82, 2.24) is 25.6 Å². The lowest BCUT2D eigenvalue weighted by Gasteiger charge is -2.11. The van der Waals surface area contributed by atoms with E-state index >= 15 is 0 Å². The topological polar surface area (TPSA) is 95.1 Å². The molecule has 2 unspecified atom stereocenters. The molecule has 3 N–H and O–H groups in total. The lowest BCUT2D eigenvalue weighted by Crippen LogP contribution is -2.25. The summed E-state index contributed by atoms with van der Waals surface area (Å²) in [5, 5.41) is 9.01. The van der Waals surface area contributed by atoms with Crippen LogP contribution < -0.4 is 10.6 Å². The van der Waals surface area contributed by atoms with E-state index < -0.39 is 0 Å². The number of carbonyl (C=O) groups is 1. The van der Waals surface area contributed by atoms with Crippen molar-refractivity contribution in [3.05, 3.63) is 58.6 Å². The summed E-state index contributed by atoms with van der Waals surface area (Å²) >= 11 is 1.52. The van der Waals surface area contributed by atoms with E-state index in [1.54, 1.807) is 17.8 Å². The van der Waals surface area contributed by atoms with Crippen molar-refractivity contribution in [2.75, 3.05) is 13.1 Å². The summed E-state index contributed by atoms with van der Waals surface area (Å²) in [5.74, 6) is 1.09. The molecule has 1 aliphatic carbocycles. The number of hydrogen-bond acceptors (Lipinski definition) is 6. The number of allylic oxidation sites excluding steroid dienone is 2. The highest BCUT2D eigenvalue weighted by Gasteiger charge is 2.25. The van der Waals surface area contributed by atoms with Crippen molar-refractivity contribution in [3.63, 3.8) is 0 Å². The smallest absolute Gasteiger partial charge is 0.271 e. The molecule has 0 fully saturated rings. The number of fused-ring (bicyclic) bond motifs is 1. The lowest BCUT2D eigenvalue weighted by molar-refractivity contribution is 0.0945. The number of rotatable bonds is 8. The Kier molecular flexibility index (Phi) is 5.55. The number of nitrogens with zero attached hydrogens (tertiary/aromatic N) is 3. The maximum Gasteiger partial charge on any atom is 0.271 e. The molecule has 2 aromatic heterocycles. The van der Waals surface area contributed by atoms with Crippen LogP contribution in [0.5, 0.6) is 0 Å². The molecule has 1 amide bonds. The van der Waals surface area contributed by atoms with Crippen LogP contribution in [0, 0.1) is 5.92 Å². The maximum absolute atomic E-state index is 12.1. The first-order valence-electron chi connectivity index (χ1n) is 9.10. The SMILES string of the molecule is O=C(NCc1ncc[nH]1)c1csc(CCNCC2=NC3C=CC=CC3C2)n1. The Balaban J connectivity index is 1.18. The van der Waals surface area contributed by atoms with Gasteiger partial charge in [0.25, 0.3) is 5.91 Å². The Morgan fingerprint density at radius 2 is 2.22 bits per heavy atom. The first-order valence-corrected chi connectivity index (χ1v) is 9.98. The van der Waals surface area contributed by atoms with Crippen LogP contribution in [0.2, 0.25) is 0 Å². The second-order valence-electron chi connectivity index (χ2n) is 6.60. The number of nitrogens with one attached hydrogen (secondary N) is 3. The predicted octanol–water partition coefficient (Wildman–Crippen LogP) is 1.88. The number of imidazole rings is 1. The van der Waals surface area contributed by atoms with E-state index in [-0.39, 0.29) is 5.91 Å². The van der Waals surface area contributed by atoms with Gasteiger partial charge in [-0.1, -0.05) is 24.3 Å². The van der Waals surface area contributed by atoms with Crippen molar-refractivity contribution in [3.8, 4) is 0 Å². The second-order valence-corrected chi connectivity index (χ2v) is 7.54. The quantitative estimate of drug-likeness (QED) is 0.608. The van der Waals surface area contributed by atoms with Crippen molar-refractivity contribution in [2.24, 2.45) is 10.9 Å². The van der Waals surface area contributed by atoms with Gasteiger partial charge in [-0.15, -0.1) is 11.3 Å². The third-order valence-electron chi connectivity index (χ3n) is 4.62. The Labute approximate surface area is 161 Å². The number of aliphatic imine (C=N–C) groups is 1. The second kappa shape index (κ2) is 8.41. The minimum Gasteiger partial charge on any atom is -0.347 e. The van der Waals surface area contributed by atoms with E-state index in [0.29, 0.717) is 24.2 Å². The van der Waals surface area contributed by atoms with Crippen LogP contribution >= 0.6 is 11.3 Å². The average molecular weight is 382 g/mol. The van der Waals surface area contributed by atoms with Crippen molar-refractivity contribution < 1.29 is 4.79 Å². The molecule has 0 aromatic carbocycles. The highest BCUT2D eigenvalue weighted by molar-refractivity contribution is 7.09. The molecular formula is C19H22N6OS. The van der Waals surface area contributed by atoms with Crippen LogP contribution in [0.3, 0.4) is 0 Å². The van der Waals surface area contributed by atoms with E-state index in [9.17, 15) is 4.79 Å². The highest BCUT2D eigenvalue weighted by atomic mass is 32.1. The Morgan fingerprint density at radius 1 is 1.30 bits per heavy atom. The number of H-pyrrole nitrogens is 1. The average Bonchev–Trinajstić information content (AvgIpc) is 3.43. The third kappa shape index (κ3) is 4.58. The standard InChI is InChI=1S/C19H22N6OS/c26-19(23-11-17-21-7-8-22-17)16-12-27-18(25-16)5-6-20-10-14-9-13-3-1-2-4-15(13)24-14/h1-4,7-8,12-13,15,20H,5-6,9-11H2,(H,21,22)(H,23,26). The van der Waals surface area contributed by atoms with Crippen LogP contribution in [0.1, 0.15) is 27.7 Å². The van der Waals surface area contributed by atoms with E-state index in [1.807, 2.05) is 0 Å². The van der Waals surface area contributed by atoms with Crippen LogP contribution in [-0.2, 0) is 13.0 Å². The van der Waals surface area contributed by atoms with Gasteiger partial charge in [0, 0.05) is 48.9 Å².